The van der Waals surface area contributed by atoms with Gasteiger partial charge in [-0.15, -0.1) is 0 Å². The summed E-state index contributed by atoms with van der Waals surface area (Å²) in [4.78, 5) is 0. The Bertz CT molecular complexity index is 308. The maximum absolute atomic E-state index is 9.29. The van der Waals surface area contributed by atoms with Gasteiger partial charge in [-0.05, 0) is 12.1 Å². The molecule has 0 fully saturated rings. The Morgan fingerprint density at radius 3 is 2.83 bits per heavy atom. The first-order valence-electron chi connectivity index (χ1n) is 3.48. The van der Waals surface area contributed by atoms with Gasteiger partial charge in [-0.25, -0.2) is 0 Å². The van der Waals surface area contributed by atoms with Crippen LogP contribution in [0.15, 0.2) is 12.1 Å². The van der Waals surface area contributed by atoms with Gasteiger partial charge in [0.15, 0.2) is 11.5 Å². The molecule has 0 atom stereocenters. The Labute approximate surface area is 69.3 Å². The van der Waals surface area contributed by atoms with Crippen LogP contribution < -0.4 is 14.2 Å². The molecule has 1 aliphatic rings. The summed E-state index contributed by atoms with van der Waals surface area (Å²) in [5.41, 5.74) is 0. The molecule has 0 aromatic heterocycles. The van der Waals surface area contributed by atoms with Crippen LogP contribution in [0.5, 0.6) is 23.0 Å². The summed E-state index contributed by atoms with van der Waals surface area (Å²) in [6, 6.07) is 3.13. The molecular weight excluding hydrogens is 160 g/mol. The fraction of sp³-hybridized carbons (Fsp3) is 0.250. The summed E-state index contributed by atoms with van der Waals surface area (Å²) in [7, 11) is 1.54. The number of phenolic OH excluding ortho intramolecular Hbond substituents is 1. The van der Waals surface area contributed by atoms with Crippen molar-refractivity contribution in [2.24, 2.45) is 0 Å². The van der Waals surface area contributed by atoms with E-state index in [-0.39, 0.29) is 12.5 Å². The highest BCUT2D eigenvalue weighted by Gasteiger charge is 2.22. The van der Waals surface area contributed by atoms with E-state index >= 15 is 0 Å². The molecule has 0 radical (unpaired) electrons. The van der Waals surface area contributed by atoms with Gasteiger partial charge in [-0.1, -0.05) is 0 Å². The van der Waals surface area contributed by atoms with Crippen LogP contribution in [0.25, 0.3) is 0 Å². The number of aromatic hydroxyl groups is 1. The van der Waals surface area contributed by atoms with Gasteiger partial charge in [0.25, 0.3) is 0 Å². The molecule has 1 aromatic rings. The third-order valence-corrected chi connectivity index (χ3v) is 1.68. The number of hydrogen-bond donors (Lipinski definition) is 1. The van der Waals surface area contributed by atoms with Crippen LogP contribution in [-0.2, 0) is 0 Å². The van der Waals surface area contributed by atoms with Gasteiger partial charge in [0, 0.05) is 0 Å². The number of methoxy groups -OCH3 is 1. The molecule has 1 aliphatic heterocycles. The molecule has 12 heavy (non-hydrogen) atoms. The lowest BCUT2D eigenvalue weighted by atomic mass is 10.3. The molecule has 0 amide bonds. The van der Waals surface area contributed by atoms with E-state index in [1.165, 1.54) is 13.2 Å². The first-order valence-corrected chi connectivity index (χ1v) is 3.48. The predicted octanol–water partition coefficient (Wildman–Crippen LogP) is 1.13. The second-order valence-corrected chi connectivity index (χ2v) is 2.35. The van der Waals surface area contributed by atoms with Gasteiger partial charge in [-0.2, -0.15) is 0 Å². The molecule has 4 heteroatoms. The second kappa shape index (κ2) is 2.48. The van der Waals surface area contributed by atoms with Gasteiger partial charge < -0.3 is 19.3 Å². The second-order valence-electron chi connectivity index (χ2n) is 2.35. The van der Waals surface area contributed by atoms with E-state index in [2.05, 4.69) is 0 Å². The maximum atomic E-state index is 9.29. The Morgan fingerprint density at radius 2 is 2.08 bits per heavy atom. The Balaban J connectivity index is 2.57. The van der Waals surface area contributed by atoms with Gasteiger partial charge in [0.1, 0.15) is 0 Å². The molecule has 0 bridgehead atoms. The smallest absolute Gasteiger partial charge is 0.231 e. The van der Waals surface area contributed by atoms with Crippen LogP contribution in [0.2, 0.25) is 0 Å². The highest BCUT2D eigenvalue weighted by atomic mass is 16.7. The van der Waals surface area contributed by atoms with Gasteiger partial charge in [0.05, 0.1) is 7.11 Å². The average molecular weight is 168 g/mol. The summed E-state index contributed by atoms with van der Waals surface area (Å²) in [6.07, 6.45) is 0. The number of rotatable bonds is 1. The lowest BCUT2D eigenvalue weighted by Crippen LogP contribution is -1.93. The minimum Gasteiger partial charge on any atom is -0.504 e. The standard InChI is InChI=1S/C8H8O4/c1-10-6-3-2-5(9)7-8(6)12-4-11-7/h2-3,9H,4H2,1H3. The topological polar surface area (TPSA) is 47.9 Å². The van der Waals surface area contributed by atoms with Crippen molar-refractivity contribution >= 4 is 0 Å². The summed E-state index contributed by atoms with van der Waals surface area (Å²) in [5, 5.41) is 9.29. The molecule has 0 unspecified atom stereocenters. The fourth-order valence-corrected chi connectivity index (χ4v) is 1.12. The average Bonchev–Trinajstić information content (AvgIpc) is 2.54. The van der Waals surface area contributed by atoms with E-state index < -0.39 is 0 Å². The third-order valence-electron chi connectivity index (χ3n) is 1.68. The van der Waals surface area contributed by atoms with E-state index in [0.717, 1.165) is 0 Å². The Kier molecular flexibility index (Phi) is 1.46. The molecule has 4 nitrogen and oxygen atoms in total. The van der Waals surface area contributed by atoms with Crippen molar-refractivity contribution in [2.45, 2.75) is 0 Å². The molecule has 1 aromatic carbocycles. The molecule has 1 N–H and O–H groups in total. The van der Waals surface area contributed by atoms with Crippen molar-refractivity contribution in [1.29, 1.82) is 0 Å². The van der Waals surface area contributed by atoms with Gasteiger partial charge in [0.2, 0.25) is 18.3 Å². The highest BCUT2D eigenvalue weighted by Crippen LogP contribution is 2.46. The first kappa shape index (κ1) is 7.09. The van der Waals surface area contributed by atoms with E-state index in [0.29, 0.717) is 17.2 Å². The lowest BCUT2D eigenvalue weighted by molar-refractivity contribution is 0.169. The van der Waals surface area contributed by atoms with Gasteiger partial charge >= 0.3 is 0 Å². The molecule has 0 saturated carbocycles. The molecule has 1 heterocycles. The van der Waals surface area contributed by atoms with E-state index in [1.807, 2.05) is 0 Å². The summed E-state index contributed by atoms with van der Waals surface area (Å²) < 4.78 is 15.1. The zero-order valence-corrected chi connectivity index (χ0v) is 6.53. The van der Waals surface area contributed by atoms with Crippen molar-refractivity contribution < 1.29 is 19.3 Å². The zero-order chi connectivity index (χ0) is 8.55. The minimum absolute atomic E-state index is 0.0725. The summed E-state index contributed by atoms with van der Waals surface area (Å²) in [5.74, 6) is 1.47. The molecule has 0 spiro atoms. The van der Waals surface area contributed by atoms with Crippen molar-refractivity contribution in [1.82, 2.24) is 0 Å². The van der Waals surface area contributed by atoms with Crippen LogP contribution in [0.1, 0.15) is 0 Å². The third kappa shape index (κ3) is 0.845. The van der Waals surface area contributed by atoms with Crippen molar-refractivity contribution in [3.8, 4) is 23.0 Å². The molecule has 2 rings (SSSR count). The zero-order valence-electron chi connectivity index (χ0n) is 6.53. The van der Waals surface area contributed by atoms with E-state index in [4.69, 9.17) is 14.2 Å². The number of hydrogen-bond acceptors (Lipinski definition) is 4. The number of phenols is 1. The van der Waals surface area contributed by atoms with Crippen molar-refractivity contribution in [3.05, 3.63) is 12.1 Å². The quantitative estimate of drug-likeness (QED) is 0.682. The summed E-state index contributed by atoms with van der Waals surface area (Å²) in [6.45, 7) is 0.128. The van der Waals surface area contributed by atoms with Crippen LogP contribution in [-0.4, -0.2) is 19.0 Å². The largest absolute Gasteiger partial charge is 0.504 e. The maximum Gasteiger partial charge on any atom is 0.231 e. The molecule has 0 saturated heterocycles. The molecule has 0 aliphatic carbocycles. The highest BCUT2D eigenvalue weighted by molar-refractivity contribution is 5.59. The SMILES string of the molecule is COc1ccc(O)c2c1OCO2. The van der Waals surface area contributed by atoms with Crippen LogP contribution in [0, 0.1) is 0 Å². The van der Waals surface area contributed by atoms with Crippen molar-refractivity contribution in [3.63, 3.8) is 0 Å². The monoisotopic (exact) mass is 168 g/mol. The number of ether oxygens (including phenoxy) is 3. The van der Waals surface area contributed by atoms with Crippen LogP contribution in [0.4, 0.5) is 0 Å². The first-order chi connectivity index (χ1) is 5.83. The van der Waals surface area contributed by atoms with Gasteiger partial charge in [-0.3, -0.25) is 0 Å². The molecular formula is C8H8O4. The fourth-order valence-electron chi connectivity index (χ4n) is 1.12. The Morgan fingerprint density at radius 1 is 1.33 bits per heavy atom. The van der Waals surface area contributed by atoms with Crippen LogP contribution in [0.3, 0.4) is 0 Å². The van der Waals surface area contributed by atoms with Crippen LogP contribution >= 0.6 is 0 Å². The predicted molar refractivity (Wildman–Crippen MR) is 40.8 cm³/mol. The molecule has 64 valence electrons. The summed E-state index contributed by atoms with van der Waals surface area (Å²) >= 11 is 0. The minimum atomic E-state index is 0.0725. The normalized spacial score (nSPS) is 13.1. The Hall–Kier alpha value is -1.58. The number of fused-ring (bicyclic) bond motifs is 1. The van der Waals surface area contributed by atoms with E-state index in [9.17, 15) is 5.11 Å². The lowest BCUT2D eigenvalue weighted by Gasteiger charge is -2.04. The number of benzene rings is 1. The van der Waals surface area contributed by atoms with E-state index in [1.54, 1.807) is 6.07 Å². The van der Waals surface area contributed by atoms with Crippen molar-refractivity contribution in [2.75, 3.05) is 13.9 Å².